The molecule has 0 bridgehead atoms. The number of carbonyl (C=O) groups is 1. The SMILES string of the molecule is CC(C)CNC(=O)[C@@H](C)Nc1ccc(NS(C)(=O)=O)cc1. The quantitative estimate of drug-likeness (QED) is 0.714. The number of amides is 1. The average molecular weight is 313 g/mol. The highest BCUT2D eigenvalue weighted by atomic mass is 32.2. The Hall–Kier alpha value is -1.76. The van der Waals surface area contributed by atoms with Gasteiger partial charge in [-0.3, -0.25) is 9.52 Å². The van der Waals surface area contributed by atoms with Crippen molar-refractivity contribution in [2.24, 2.45) is 5.92 Å². The van der Waals surface area contributed by atoms with E-state index in [4.69, 9.17) is 0 Å². The first-order chi connectivity index (χ1) is 9.67. The van der Waals surface area contributed by atoms with E-state index in [1.54, 1.807) is 31.2 Å². The number of anilines is 2. The summed E-state index contributed by atoms with van der Waals surface area (Å²) in [5.41, 5.74) is 1.24. The van der Waals surface area contributed by atoms with Crippen molar-refractivity contribution < 1.29 is 13.2 Å². The van der Waals surface area contributed by atoms with Crippen LogP contribution < -0.4 is 15.4 Å². The molecule has 1 rings (SSSR count). The molecule has 0 aromatic heterocycles. The molecule has 1 aromatic rings. The normalized spacial score (nSPS) is 12.8. The van der Waals surface area contributed by atoms with E-state index in [2.05, 4.69) is 15.4 Å². The van der Waals surface area contributed by atoms with Crippen molar-refractivity contribution in [2.75, 3.05) is 22.8 Å². The van der Waals surface area contributed by atoms with Crippen molar-refractivity contribution in [1.29, 1.82) is 0 Å². The van der Waals surface area contributed by atoms with Gasteiger partial charge >= 0.3 is 0 Å². The maximum Gasteiger partial charge on any atom is 0.242 e. The monoisotopic (exact) mass is 313 g/mol. The molecule has 0 saturated carbocycles. The Balaban J connectivity index is 2.57. The minimum absolute atomic E-state index is 0.0676. The van der Waals surface area contributed by atoms with Crippen LogP contribution in [-0.4, -0.2) is 33.2 Å². The van der Waals surface area contributed by atoms with Crippen LogP contribution in [0.2, 0.25) is 0 Å². The lowest BCUT2D eigenvalue weighted by molar-refractivity contribution is -0.121. The molecule has 21 heavy (non-hydrogen) atoms. The smallest absolute Gasteiger partial charge is 0.242 e. The van der Waals surface area contributed by atoms with Crippen LogP contribution in [0.1, 0.15) is 20.8 Å². The van der Waals surface area contributed by atoms with Gasteiger partial charge in [-0.1, -0.05) is 13.8 Å². The fraction of sp³-hybridized carbons (Fsp3) is 0.500. The van der Waals surface area contributed by atoms with E-state index in [-0.39, 0.29) is 11.9 Å². The standard InChI is InChI=1S/C14H23N3O3S/c1-10(2)9-15-14(18)11(3)16-12-5-7-13(8-6-12)17-21(4,19)20/h5-8,10-11,16-17H,9H2,1-4H3,(H,15,18)/t11-/m1/s1. The number of sulfonamides is 1. The van der Waals surface area contributed by atoms with Crippen LogP contribution in [0.25, 0.3) is 0 Å². The summed E-state index contributed by atoms with van der Waals surface area (Å²) in [6, 6.07) is 6.36. The van der Waals surface area contributed by atoms with Gasteiger partial charge in [-0.25, -0.2) is 8.42 Å². The molecule has 0 unspecified atom stereocenters. The highest BCUT2D eigenvalue weighted by Gasteiger charge is 2.12. The van der Waals surface area contributed by atoms with Crippen molar-refractivity contribution in [1.82, 2.24) is 5.32 Å². The van der Waals surface area contributed by atoms with E-state index < -0.39 is 10.0 Å². The first kappa shape index (κ1) is 17.3. The van der Waals surface area contributed by atoms with Gasteiger partial charge in [0.1, 0.15) is 6.04 Å². The summed E-state index contributed by atoms with van der Waals surface area (Å²) in [6.07, 6.45) is 1.10. The molecule has 0 aliphatic rings. The fourth-order valence-corrected chi connectivity index (χ4v) is 2.19. The van der Waals surface area contributed by atoms with E-state index in [9.17, 15) is 13.2 Å². The molecule has 0 aliphatic carbocycles. The summed E-state index contributed by atoms with van der Waals surface area (Å²) in [5, 5.41) is 5.92. The first-order valence-electron chi connectivity index (χ1n) is 6.79. The highest BCUT2D eigenvalue weighted by molar-refractivity contribution is 7.92. The summed E-state index contributed by atoms with van der Waals surface area (Å²) in [4.78, 5) is 11.8. The van der Waals surface area contributed by atoms with Crippen LogP contribution in [0.15, 0.2) is 24.3 Å². The second-order valence-electron chi connectivity index (χ2n) is 5.46. The topological polar surface area (TPSA) is 87.3 Å². The number of nitrogens with one attached hydrogen (secondary N) is 3. The molecule has 1 amide bonds. The third-order valence-corrected chi connectivity index (χ3v) is 3.26. The molecule has 0 fully saturated rings. The Labute approximate surface area is 126 Å². The fourth-order valence-electron chi connectivity index (χ4n) is 1.62. The van der Waals surface area contributed by atoms with Crippen molar-refractivity contribution in [3.63, 3.8) is 0 Å². The van der Waals surface area contributed by atoms with Gasteiger partial charge in [0.25, 0.3) is 0 Å². The third kappa shape index (κ3) is 6.99. The summed E-state index contributed by atoms with van der Waals surface area (Å²) in [5.74, 6) is 0.338. The van der Waals surface area contributed by atoms with E-state index >= 15 is 0 Å². The number of hydrogen-bond acceptors (Lipinski definition) is 4. The van der Waals surface area contributed by atoms with E-state index in [1.165, 1.54) is 0 Å². The maximum absolute atomic E-state index is 11.8. The second kappa shape index (κ2) is 7.31. The van der Waals surface area contributed by atoms with Crippen molar-refractivity contribution in [2.45, 2.75) is 26.8 Å². The van der Waals surface area contributed by atoms with Crippen molar-refractivity contribution in [3.05, 3.63) is 24.3 Å². The Morgan fingerprint density at radius 3 is 2.10 bits per heavy atom. The van der Waals surface area contributed by atoms with Gasteiger partial charge in [0, 0.05) is 17.9 Å². The molecule has 6 nitrogen and oxygen atoms in total. The van der Waals surface area contributed by atoms with Crippen molar-refractivity contribution in [3.8, 4) is 0 Å². The summed E-state index contributed by atoms with van der Waals surface area (Å²) < 4.78 is 24.6. The zero-order valence-corrected chi connectivity index (χ0v) is 13.6. The molecule has 0 spiro atoms. The molecule has 7 heteroatoms. The van der Waals surface area contributed by atoms with Gasteiger partial charge in [0.15, 0.2) is 0 Å². The van der Waals surface area contributed by atoms with Crippen LogP contribution in [0.5, 0.6) is 0 Å². The number of carbonyl (C=O) groups excluding carboxylic acids is 1. The lowest BCUT2D eigenvalue weighted by Gasteiger charge is -2.16. The van der Waals surface area contributed by atoms with Crippen LogP contribution in [-0.2, 0) is 14.8 Å². The summed E-state index contributed by atoms with van der Waals surface area (Å²) in [6.45, 7) is 6.48. The van der Waals surface area contributed by atoms with E-state index in [0.29, 0.717) is 18.2 Å². The zero-order chi connectivity index (χ0) is 16.0. The first-order valence-corrected chi connectivity index (χ1v) is 8.68. The minimum Gasteiger partial charge on any atom is -0.374 e. The zero-order valence-electron chi connectivity index (χ0n) is 12.8. The molecule has 1 aromatic carbocycles. The lowest BCUT2D eigenvalue weighted by atomic mass is 10.2. The van der Waals surface area contributed by atoms with Crippen LogP contribution in [0.4, 0.5) is 11.4 Å². The van der Waals surface area contributed by atoms with Crippen LogP contribution >= 0.6 is 0 Å². The second-order valence-corrected chi connectivity index (χ2v) is 7.21. The predicted molar refractivity (Wildman–Crippen MR) is 85.8 cm³/mol. The summed E-state index contributed by atoms with van der Waals surface area (Å²) >= 11 is 0. The largest absolute Gasteiger partial charge is 0.374 e. The van der Waals surface area contributed by atoms with Gasteiger partial charge < -0.3 is 10.6 Å². The van der Waals surface area contributed by atoms with E-state index in [0.717, 1.165) is 11.9 Å². The maximum atomic E-state index is 11.8. The number of benzene rings is 1. The molecule has 0 radical (unpaired) electrons. The van der Waals surface area contributed by atoms with Gasteiger partial charge in [0.2, 0.25) is 15.9 Å². The Morgan fingerprint density at radius 2 is 1.62 bits per heavy atom. The molecule has 1 atom stereocenters. The number of rotatable bonds is 7. The lowest BCUT2D eigenvalue weighted by Crippen LogP contribution is -2.39. The molecule has 3 N–H and O–H groups in total. The summed E-state index contributed by atoms with van der Waals surface area (Å²) in [7, 11) is -3.28. The Kier molecular flexibility index (Phi) is 6.02. The molecule has 0 heterocycles. The molecular weight excluding hydrogens is 290 g/mol. The third-order valence-electron chi connectivity index (χ3n) is 2.65. The molecular formula is C14H23N3O3S. The Bertz CT molecular complexity index is 568. The van der Waals surface area contributed by atoms with Crippen LogP contribution in [0, 0.1) is 5.92 Å². The predicted octanol–water partition coefficient (Wildman–Crippen LogP) is 1.63. The van der Waals surface area contributed by atoms with Gasteiger partial charge in [0.05, 0.1) is 6.26 Å². The van der Waals surface area contributed by atoms with Crippen LogP contribution in [0.3, 0.4) is 0 Å². The van der Waals surface area contributed by atoms with E-state index in [1.807, 2.05) is 13.8 Å². The van der Waals surface area contributed by atoms with Gasteiger partial charge in [-0.15, -0.1) is 0 Å². The number of hydrogen-bond donors (Lipinski definition) is 3. The van der Waals surface area contributed by atoms with Gasteiger partial charge in [-0.05, 0) is 37.1 Å². The van der Waals surface area contributed by atoms with Gasteiger partial charge in [-0.2, -0.15) is 0 Å². The minimum atomic E-state index is -3.28. The molecule has 0 saturated heterocycles. The highest BCUT2D eigenvalue weighted by Crippen LogP contribution is 2.15. The average Bonchev–Trinajstić information content (AvgIpc) is 2.36. The molecule has 118 valence electrons. The van der Waals surface area contributed by atoms with Crippen molar-refractivity contribution >= 4 is 27.3 Å². The molecule has 0 aliphatic heterocycles. The Morgan fingerprint density at radius 1 is 1.10 bits per heavy atom.